The van der Waals surface area contributed by atoms with Crippen LogP contribution < -0.4 is 0 Å². The number of aliphatic imine (C=N–C) groups is 1. The number of nitrogens with zero attached hydrogens (tertiary/aromatic N) is 1. The lowest BCUT2D eigenvalue weighted by atomic mass is 10.0. The first kappa shape index (κ1) is 41.2. The molecule has 0 spiro atoms. The van der Waals surface area contributed by atoms with Gasteiger partial charge in [0.2, 0.25) is 6.08 Å². The molecule has 0 aliphatic heterocycles. The highest BCUT2D eigenvalue weighted by molar-refractivity contribution is 7.80. The molecule has 0 aliphatic carbocycles. The molecule has 236 valence electrons. The second kappa shape index (κ2) is 31.1. The van der Waals surface area contributed by atoms with Gasteiger partial charge in [-0.25, -0.2) is 14.4 Å². The summed E-state index contributed by atoms with van der Waals surface area (Å²) < 4.78 is 9.71. The molecule has 0 saturated heterocycles. The van der Waals surface area contributed by atoms with Crippen molar-refractivity contribution in [3.8, 4) is 0 Å². The van der Waals surface area contributed by atoms with E-state index in [1.807, 2.05) is 36.4 Å². The van der Waals surface area contributed by atoms with Gasteiger partial charge in [-0.05, 0) is 44.4 Å². The highest BCUT2D eigenvalue weighted by atomic mass is 32.1. The van der Waals surface area contributed by atoms with E-state index >= 15 is 0 Å². The van der Waals surface area contributed by atoms with Gasteiger partial charge in [0.1, 0.15) is 0 Å². The maximum absolute atomic E-state index is 11.6. The lowest BCUT2D eigenvalue weighted by Crippen LogP contribution is -2.18. The summed E-state index contributed by atoms with van der Waals surface area (Å²) in [6, 6.07) is 9.54. The molecule has 1 rings (SSSR count). The maximum Gasteiger partial charge on any atom is 0.335 e. The molecule has 1 atom stereocenters. The van der Waals surface area contributed by atoms with Crippen LogP contribution in [0.1, 0.15) is 110 Å². The zero-order valence-electron chi connectivity index (χ0n) is 26.4. The average Bonchev–Trinajstić information content (AvgIpc) is 3.00. The van der Waals surface area contributed by atoms with Crippen LogP contribution in [0.5, 0.6) is 0 Å². The van der Waals surface area contributed by atoms with E-state index in [0.717, 1.165) is 31.4 Å². The summed E-state index contributed by atoms with van der Waals surface area (Å²) in [4.78, 5) is 36.6. The van der Waals surface area contributed by atoms with Crippen LogP contribution in [0.3, 0.4) is 0 Å². The molecular formula is C35H55NO5S. The number of thiol groups is 1. The van der Waals surface area contributed by atoms with Crippen molar-refractivity contribution in [2.24, 2.45) is 4.99 Å². The van der Waals surface area contributed by atoms with Crippen LogP contribution in [0.4, 0.5) is 0 Å². The second-order valence-electron chi connectivity index (χ2n) is 9.91. The van der Waals surface area contributed by atoms with Crippen molar-refractivity contribution in [1.29, 1.82) is 0 Å². The fraction of sp³-hybridized carbons (Fsp3) is 0.571. The van der Waals surface area contributed by atoms with Crippen molar-refractivity contribution in [2.75, 3.05) is 19.0 Å². The lowest BCUT2D eigenvalue weighted by molar-refractivity contribution is -0.139. The number of isocyanates is 1. The summed E-state index contributed by atoms with van der Waals surface area (Å²) >= 11 is 4.21. The molecule has 1 aromatic carbocycles. The van der Waals surface area contributed by atoms with E-state index in [1.54, 1.807) is 13.8 Å². The number of ether oxygens (including phenoxy) is 2. The molecule has 0 amide bonds. The molecule has 6 nitrogen and oxygen atoms in total. The molecule has 0 heterocycles. The Balaban J connectivity index is 0. The highest BCUT2D eigenvalue weighted by Gasteiger charge is 2.19. The minimum Gasteiger partial charge on any atom is -0.463 e. The fourth-order valence-electron chi connectivity index (χ4n) is 3.63. The summed E-state index contributed by atoms with van der Waals surface area (Å²) in [5.41, 5.74) is 1.89. The number of esters is 2. The van der Waals surface area contributed by atoms with Crippen LogP contribution in [-0.2, 0) is 23.9 Å². The smallest absolute Gasteiger partial charge is 0.335 e. The van der Waals surface area contributed by atoms with Crippen LogP contribution in [0.2, 0.25) is 0 Å². The Morgan fingerprint density at radius 1 is 0.881 bits per heavy atom. The Kier molecular flexibility index (Phi) is 30.5. The molecule has 0 saturated carbocycles. The monoisotopic (exact) mass is 601 g/mol. The summed E-state index contributed by atoms with van der Waals surface area (Å²) in [6.45, 7) is 17.0. The van der Waals surface area contributed by atoms with Gasteiger partial charge in [-0.2, -0.15) is 17.6 Å². The standard InChI is InChI=1S/C19H33NO3S.C8H14O2.C8H8/c1-3-23-19(22)17(2)18(20-16-21)14-12-10-8-6-4-5-7-9-11-13-15-24;1-4-5-6-10-8(9)7(2)3;1-2-8-6-4-3-5-7-8/h18,24H,2-15H2,1H3;2,4-6H2,1,3H3;2-7H,1H2. The van der Waals surface area contributed by atoms with E-state index in [-0.39, 0.29) is 11.5 Å². The lowest BCUT2D eigenvalue weighted by Gasteiger charge is -2.12. The van der Waals surface area contributed by atoms with Gasteiger partial charge in [0, 0.05) is 5.57 Å². The van der Waals surface area contributed by atoms with Gasteiger partial charge in [-0.15, -0.1) is 0 Å². The van der Waals surface area contributed by atoms with Gasteiger partial charge in [-0.1, -0.05) is 127 Å². The van der Waals surface area contributed by atoms with E-state index < -0.39 is 12.0 Å². The van der Waals surface area contributed by atoms with Gasteiger partial charge in [0.15, 0.2) is 0 Å². The predicted octanol–water partition coefficient (Wildman–Crippen LogP) is 9.27. The molecular weight excluding hydrogens is 546 g/mol. The summed E-state index contributed by atoms with van der Waals surface area (Å²) in [5.74, 6) is 0.241. The molecule has 0 bridgehead atoms. The molecule has 0 aliphatic rings. The molecule has 42 heavy (non-hydrogen) atoms. The normalized spacial score (nSPS) is 10.4. The third kappa shape index (κ3) is 26.0. The van der Waals surface area contributed by atoms with E-state index in [1.165, 1.54) is 63.0 Å². The van der Waals surface area contributed by atoms with E-state index in [2.05, 4.69) is 44.3 Å². The summed E-state index contributed by atoms with van der Waals surface area (Å²) in [7, 11) is 0. The SMILES string of the molecule is C=C(C(=O)OCC)C(CCCCCCCCCCCCS)N=C=O.C=C(C)C(=O)OCCCC.C=Cc1ccccc1. The molecule has 0 fully saturated rings. The first-order valence-electron chi connectivity index (χ1n) is 15.3. The molecule has 7 heteroatoms. The molecule has 0 aromatic heterocycles. The number of hydrogen-bond acceptors (Lipinski definition) is 7. The Bertz CT molecular complexity index is 909. The molecule has 1 aromatic rings. The number of benzene rings is 1. The van der Waals surface area contributed by atoms with Crippen molar-refractivity contribution >= 4 is 36.7 Å². The third-order valence-electron chi connectivity index (χ3n) is 6.15. The van der Waals surface area contributed by atoms with Gasteiger partial charge in [0.05, 0.1) is 24.8 Å². The van der Waals surface area contributed by atoms with Crippen LogP contribution in [-0.4, -0.2) is 43.0 Å². The number of carbonyl (C=O) groups excluding carboxylic acids is 3. The Hall–Kier alpha value is -2.89. The van der Waals surface area contributed by atoms with Crippen molar-refractivity contribution in [3.63, 3.8) is 0 Å². The zero-order chi connectivity index (χ0) is 31.8. The van der Waals surface area contributed by atoms with Gasteiger partial charge < -0.3 is 9.47 Å². The van der Waals surface area contributed by atoms with E-state index in [9.17, 15) is 14.4 Å². The Labute approximate surface area is 261 Å². The predicted molar refractivity (Wildman–Crippen MR) is 180 cm³/mol. The minimum absolute atomic E-state index is 0.251. The Morgan fingerprint density at radius 2 is 1.43 bits per heavy atom. The van der Waals surface area contributed by atoms with Gasteiger partial charge in [-0.3, -0.25) is 0 Å². The van der Waals surface area contributed by atoms with Crippen molar-refractivity contribution in [3.05, 3.63) is 66.8 Å². The largest absolute Gasteiger partial charge is 0.463 e. The number of rotatable bonds is 21. The minimum atomic E-state index is -0.492. The van der Waals surface area contributed by atoms with Crippen LogP contribution in [0.15, 0.2) is 66.2 Å². The first-order valence-corrected chi connectivity index (χ1v) is 16.0. The Morgan fingerprint density at radius 3 is 1.86 bits per heavy atom. The van der Waals surface area contributed by atoms with Crippen molar-refractivity contribution in [1.82, 2.24) is 0 Å². The topological polar surface area (TPSA) is 82.0 Å². The fourth-order valence-corrected chi connectivity index (χ4v) is 3.85. The third-order valence-corrected chi connectivity index (χ3v) is 6.47. The number of hydrogen-bond donors (Lipinski definition) is 1. The van der Waals surface area contributed by atoms with Crippen molar-refractivity contribution in [2.45, 2.75) is 110 Å². The van der Waals surface area contributed by atoms with Crippen LogP contribution >= 0.6 is 12.6 Å². The number of carbonyl (C=O) groups is 2. The maximum atomic E-state index is 11.6. The van der Waals surface area contributed by atoms with Gasteiger partial charge >= 0.3 is 11.9 Å². The summed E-state index contributed by atoms with van der Waals surface area (Å²) in [6.07, 6.45) is 18.2. The van der Waals surface area contributed by atoms with Crippen molar-refractivity contribution < 1.29 is 23.9 Å². The van der Waals surface area contributed by atoms with Gasteiger partial charge in [0.25, 0.3) is 0 Å². The van der Waals surface area contributed by atoms with E-state index in [4.69, 9.17) is 9.47 Å². The molecule has 0 N–H and O–H groups in total. The first-order chi connectivity index (χ1) is 20.3. The van der Waals surface area contributed by atoms with Crippen LogP contribution in [0.25, 0.3) is 6.08 Å². The highest BCUT2D eigenvalue weighted by Crippen LogP contribution is 2.17. The van der Waals surface area contributed by atoms with Crippen LogP contribution in [0, 0.1) is 0 Å². The second-order valence-corrected chi connectivity index (χ2v) is 10.4. The molecule has 0 radical (unpaired) electrons. The zero-order valence-corrected chi connectivity index (χ0v) is 27.3. The van der Waals surface area contributed by atoms with E-state index in [0.29, 0.717) is 25.2 Å². The average molecular weight is 602 g/mol. The summed E-state index contributed by atoms with van der Waals surface area (Å²) in [5, 5.41) is 0. The number of unbranched alkanes of at least 4 members (excludes halogenated alkanes) is 10. The molecule has 1 unspecified atom stereocenters. The quantitative estimate of drug-likeness (QED) is 0.0379.